The van der Waals surface area contributed by atoms with Crippen LogP contribution in [0.4, 0.5) is 0 Å². The summed E-state index contributed by atoms with van der Waals surface area (Å²) in [7, 11) is 0. The fourth-order valence-corrected chi connectivity index (χ4v) is 1.76. The van der Waals surface area contributed by atoms with Crippen LogP contribution in [0.15, 0.2) is 0 Å². The Bertz CT molecular complexity index is 244. The molecule has 0 radical (unpaired) electrons. The smallest absolute Gasteiger partial charge is 0.225 e. The molecule has 1 aliphatic heterocycles. The maximum Gasteiger partial charge on any atom is 0.225 e. The van der Waals surface area contributed by atoms with E-state index in [0.29, 0.717) is 32.6 Å². The number of hydrogen-bond donors (Lipinski definition) is 0. The summed E-state index contributed by atoms with van der Waals surface area (Å²) in [5, 5.41) is 0. The highest BCUT2D eigenvalue weighted by Crippen LogP contribution is 2.07. The summed E-state index contributed by atoms with van der Waals surface area (Å²) in [5.41, 5.74) is 0. The van der Waals surface area contributed by atoms with E-state index in [9.17, 15) is 9.59 Å². The Labute approximate surface area is 105 Å². The van der Waals surface area contributed by atoms with Crippen LogP contribution in [0.3, 0.4) is 0 Å². The Morgan fingerprint density at radius 1 is 1.00 bits per heavy atom. The van der Waals surface area contributed by atoms with Crippen molar-refractivity contribution in [1.82, 2.24) is 9.80 Å². The normalized spacial score (nSPS) is 15.4. The highest BCUT2D eigenvalue weighted by molar-refractivity contribution is 5.79. The molecule has 4 nitrogen and oxygen atoms in total. The number of piperazine rings is 1. The summed E-state index contributed by atoms with van der Waals surface area (Å²) >= 11 is 0. The second-order valence-electron chi connectivity index (χ2n) is 4.21. The molecule has 100 valence electrons. The summed E-state index contributed by atoms with van der Waals surface area (Å²) in [4.78, 5) is 26.8. The first-order chi connectivity index (χ1) is 8.06. The van der Waals surface area contributed by atoms with E-state index >= 15 is 0 Å². The Balaban J connectivity index is 0.00000121. The van der Waals surface area contributed by atoms with Crippen molar-refractivity contribution in [3.05, 3.63) is 0 Å². The van der Waals surface area contributed by atoms with Gasteiger partial charge >= 0.3 is 0 Å². The number of hydrogen-bond acceptors (Lipinski definition) is 2. The number of rotatable bonds is 2. The van der Waals surface area contributed by atoms with Crippen LogP contribution in [0.25, 0.3) is 0 Å². The van der Waals surface area contributed by atoms with Crippen LogP contribution in [0.1, 0.15) is 41.0 Å². The molecule has 0 aliphatic carbocycles. The number of nitrogens with zero attached hydrogens (tertiary/aromatic N) is 2. The predicted molar refractivity (Wildman–Crippen MR) is 69.6 cm³/mol. The molecular weight excluding hydrogens is 216 g/mol. The molecule has 0 aromatic heterocycles. The number of amides is 2. The van der Waals surface area contributed by atoms with E-state index in [2.05, 4.69) is 0 Å². The van der Waals surface area contributed by atoms with Gasteiger partial charge in [-0.3, -0.25) is 9.59 Å². The van der Waals surface area contributed by atoms with Crippen LogP contribution < -0.4 is 0 Å². The lowest BCUT2D eigenvalue weighted by molar-refractivity contribution is -0.141. The minimum Gasteiger partial charge on any atom is -0.339 e. The third-order valence-corrected chi connectivity index (χ3v) is 2.74. The molecule has 17 heavy (non-hydrogen) atoms. The van der Waals surface area contributed by atoms with E-state index in [-0.39, 0.29) is 17.7 Å². The molecule has 1 rings (SSSR count). The maximum atomic E-state index is 11.7. The first kappa shape index (κ1) is 15.9. The van der Waals surface area contributed by atoms with Crippen LogP contribution in [0.5, 0.6) is 0 Å². The second kappa shape index (κ2) is 8.09. The summed E-state index contributed by atoms with van der Waals surface area (Å²) in [5.74, 6) is 0.434. The Morgan fingerprint density at radius 3 is 1.76 bits per heavy atom. The molecule has 2 amide bonds. The zero-order chi connectivity index (χ0) is 13.4. The lowest BCUT2D eigenvalue weighted by Crippen LogP contribution is -2.51. The number of carbonyl (C=O) groups excluding carboxylic acids is 2. The monoisotopic (exact) mass is 242 g/mol. The molecule has 1 fully saturated rings. The van der Waals surface area contributed by atoms with Crippen molar-refractivity contribution >= 4 is 11.8 Å². The first-order valence-electron chi connectivity index (χ1n) is 6.62. The van der Waals surface area contributed by atoms with Crippen molar-refractivity contribution in [2.24, 2.45) is 5.92 Å². The lowest BCUT2D eigenvalue weighted by Gasteiger charge is -2.35. The van der Waals surface area contributed by atoms with E-state index in [1.807, 2.05) is 44.4 Å². The van der Waals surface area contributed by atoms with Crippen LogP contribution in [0.2, 0.25) is 0 Å². The standard InChI is InChI=1S/C11H20N2O2.C2H6/c1-4-10(14)12-5-7-13(8-6-12)11(15)9(2)3;1-2/h9H,4-8H2,1-3H3;1-2H3. The highest BCUT2D eigenvalue weighted by Gasteiger charge is 2.24. The molecule has 4 heteroatoms. The van der Waals surface area contributed by atoms with Gasteiger partial charge in [-0.15, -0.1) is 0 Å². The van der Waals surface area contributed by atoms with Crippen LogP contribution in [0, 0.1) is 5.92 Å². The van der Waals surface area contributed by atoms with Crippen LogP contribution >= 0.6 is 0 Å². The average molecular weight is 242 g/mol. The summed E-state index contributed by atoms with van der Waals surface area (Å²) in [6, 6.07) is 0. The molecule has 0 spiro atoms. The predicted octanol–water partition coefficient (Wildman–Crippen LogP) is 1.75. The van der Waals surface area contributed by atoms with Gasteiger partial charge in [-0.1, -0.05) is 34.6 Å². The molecule has 0 bridgehead atoms. The molecule has 0 aromatic rings. The van der Waals surface area contributed by atoms with Crippen molar-refractivity contribution < 1.29 is 9.59 Å². The Hall–Kier alpha value is -1.06. The lowest BCUT2D eigenvalue weighted by atomic mass is 10.1. The molecule has 0 saturated carbocycles. The molecule has 0 N–H and O–H groups in total. The van der Waals surface area contributed by atoms with Crippen LogP contribution in [-0.4, -0.2) is 47.8 Å². The number of carbonyl (C=O) groups is 2. The first-order valence-corrected chi connectivity index (χ1v) is 6.62. The molecule has 0 unspecified atom stereocenters. The molecule has 0 aromatic carbocycles. The van der Waals surface area contributed by atoms with Crippen molar-refractivity contribution in [3.63, 3.8) is 0 Å². The van der Waals surface area contributed by atoms with Crippen molar-refractivity contribution in [3.8, 4) is 0 Å². The second-order valence-corrected chi connectivity index (χ2v) is 4.21. The minimum atomic E-state index is 0.0541. The van der Waals surface area contributed by atoms with E-state index in [4.69, 9.17) is 0 Å². The summed E-state index contributed by atoms with van der Waals surface area (Å²) < 4.78 is 0. The van der Waals surface area contributed by atoms with Gasteiger partial charge in [-0.25, -0.2) is 0 Å². The van der Waals surface area contributed by atoms with Gasteiger partial charge in [0.15, 0.2) is 0 Å². The van der Waals surface area contributed by atoms with Gasteiger partial charge in [0.1, 0.15) is 0 Å². The quantitative estimate of drug-likeness (QED) is 0.740. The maximum absolute atomic E-state index is 11.7. The van der Waals surface area contributed by atoms with Crippen molar-refractivity contribution in [2.45, 2.75) is 41.0 Å². The zero-order valence-electron chi connectivity index (χ0n) is 11.8. The van der Waals surface area contributed by atoms with E-state index < -0.39 is 0 Å². The Morgan fingerprint density at radius 2 is 1.41 bits per heavy atom. The zero-order valence-corrected chi connectivity index (χ0v) is 11.8. The largest absolute Gasteiger partial charge is 0.339 e. The third-order valence-electron chi connectivity index (χ3n) is 2.74. The fourth-order valence-electron chi connectivity index (χ4n) is 1.76. The van der Waals surface area contributed by atoms with E-state index in [1.54, 1.807) is 0 Å². The highest BCUT2D eigenvalue weighted by atomic mass is 16.2. The molecule has 1 heterocycles. The summed E-state index contributed by atoms with van der Waals surface area (Å²) in [6.45, 7) is 12.4. The van der Waals surface area contributed by atoms with E-state index in [1.165, 1.54) is 0 Å². The average Bonchev–Trinajstić information content (AvgIpc) is 2.39. The summed E-state index contributed by atoms with van der Waals surface area (Å²) in [6.07, 6.45) is 0.554. The van der Waals surface area contributed by atoms with Crippen molar-refractivity contribution in [2.75, 3.05) is 26.2 Å². The van der Waals surface area contributed by atoms with Crippen LogP contribution in [-0.2, 0) is 9.59 Å². The van der Waals surface area contributed by atoms with Gasteiger partial charge in [-0.2, -0.15) is 0 Å². The van der Waals surface area contributed by atoms with Gasteiger partial charge < -0.3 is 9.80 Å². The minimum absolute atomic E-state index is 0.0541. The van der Waals surface area contributed by atoms with E-state index in [0.717, 1.165) is 0 Å². The van der Waals surface area contributed by atoms with Gasteiger partial charge in [-0.05, 0) is 0 Å². The third kappa shape index (κ3) is 4.75. The molecule has 1 aliphatic rings. The van der Waals surface area contributed by atoms with Gasteiger partial charge in [0.05, 0.1) is 0 Å². The SMILES string of the molecule is CC.CCC(=O)N1CCN(C(=O)C(C)C)CC1. The van der Waals surface area contributed by atoms with Gasteiger partial charge in [0.25, 0.3) is 0 Å². The molecule has 1 saturated heterocycles. The topological polar surface area (TPSA) is 40.6 Å². The Kier molecular flexibility index (Phi) is 7.59. The fraction of sp³-hybridized carbons (Fsp3) is 0.846. The van der Waals surface area contributed by atoms with Gasteiger partial charge in [0, 0.05) is 38.5 Å². The molecular formula is C13H26N2O2. The van der Waals surface area contributed by atoms with Gasteiger partial charge in [0.2, 0.25) is 11.8 Å². The van der Waals surface area contributed by atoms with Crippen molar-refractivity contribution in [1.29, 1.82) is 0 Å². The molecule has 0 atom stereocenters.